The predicted octanol–water partition coefficient (Wildman–Crippen LogP) is 2.72. The lowest BCUT2D eigenvalue weighted by molar-refractivity contribution is -0.114. The highest BCUT2D eigenvalue weighted by molar-refractivity contribution is 6.04. The molecule has 0 bridgehead atoms. The van der Waals surface area contributed by atoms with E-state index < -0.39 is 11.8 Å². The van der Waals surface area contributed by atoms with E-state index in [1.165, 1.54) is 25.3 Å². The highest BCUT2D eigenvalue weighted by Crippen LogP contribution is 2.22. The summed E-state index contributed by atoms with van der Waals surface area (Å²) in [5, 5.41) is 8.18. The zero-order valence-corrected chi connectivity index (χ0v) is 16.0. The molecule has 1 aliphatic rings. The smallest absolute Gasteiger partial charge is 0.287 e. The molecule has 0 saturated heterocycles. The molecular formula is C21H18FN5O3. The first kappa shape index (κ1) is 19.3. The van der Waals surface area contributed by atoms with Crippen molar-refractivity contribution in [2.45, 2.75) is 19.5 Å². The maximum Gasteiger partial charge on any atom is 0.287 e. The molecule has 0 radical (unpaired) electrons. The molecule has 9 heteroatoms. The molecule has 1 atom stereocenters. The van der Waals surface area contributed by atoms with Gasteiger partial charge in [0, 0.05) is 31.0 Å². The zero-order chi connectivity index (χ0) is 21.3. The minimum atomic E-state index is -0.463. The Hall–Kier alpha value is -4.01. The van der Waals surface area contributed by atoms with Crippen molar-refractivity contribution in [1.29, 1.82) is 0 Å². The SMILES string of the molecule is CC(=O)Nc1ccc(NC(=O)c2cn3c(n2)C(=O)N[C@H](c2ccc(F)cc2)C3)cc1. The second-order valence-corrected chi connectivity index (χ2v) is 6.89. The summed E-state index contributed by atoms with van der Waals surface area (Å²) in [4.78, 5) is 40.2. The molecule has 3 aromatic rings. The van der Waals surface area contributed by atoms with Crippen LogP contribution in [0, 0.1) is 5.82 Å². The van der Waals surface area contributed by atoms with Crippen molar-refractivity contribution in [1.82, 2.24) is 14.9 Å². The van der Waals surface area contributed by atoms with Crippen molar-refractivity contribution in [3.05, 3.63) is 77.6 Å². The number of amides is 3. The Balaban J connectivity index is 1.48. The van der Waals surface area contributed by atoms with Gasteiger partial charge in [-0.2, -0.15) is 0 Å². The van der Waals surface area contributed by atoms with E-state index in [1.54, 1.807) is 41.0 Å². The van der Waals surface area contributed by atoms with E-state index in [1.807, 2.05) is 0 Å². The highest BCUT2D eigenvalue weighted by atomic mass is 19.1. The highest BCUT2D eigenvalue weighted by Gasteiger charge is 2.28. The lowest BCUT2D eigenvalue weighted by Crippen LogP contribution is -2.38. The van der Waals surface area contributed by atoms with E-state index in [0.717, 1.165) is 5.56 Å². The number of anilines is 2. The quantitative estimate of drug-likeness (QED) is 0.618. The maximum atomic E-state index is 13.2. The molecule has 2 heterocycles. The van der Waals surface area contributed by atoms with Crippen molar-refractivity contribution in [2.75, 3.05) is 10.6 Å². The van der Waals surface area contributed by atoms with Crippen LogP contribution in [0.2, 0.25) is 0 Å². The summed E-state index contributed by atoms with van der Waals surface area (Å²) in [6.07, 6.45) is 1.52. The number of nitrogens with one attached hydrogen (secondary N) is 3. The van der Waals surface area contributed by atoms with E-state index in [-0.39, 0.29) is 29.3 Å². The molecule has 0 fully saturated rings. The molecule has 30 heavy (non-hydrogen) atoms. The summed E-state index contributed by atoms with van der Waals surface area (Å²) in [6.45, 7) is 1.78. The molecule has 0 unspecified atom stereocenters. The zero-order valence-electron chi connectivity index (χ0n) is 16.0. The number of nitrogens with zero attached hydrogens (tertiary/aromatic N) is 2. The van der Waals surface area contributed by atoms with E-state index in [9.17, 15) is 18.8 Å². The van der Waals surface area contributed by atoms with E-state index in [2.05, 4.69) is 20.9 Å². The number of aromatic nitrogens is 2. The molecule has 2 aromatic carbocycles. The third kappa shape index (κ3) is 4.04. The van der Waals surface area contributed by atoms with Gasteiger partial charge in [0.15, 0.2) is 5.82 Å². The summed E-state index contributed by atoms with van der Waals surface area (Å²) >= 11 is 0. The Morgan fingerprint density at radius 1 is 1.07 bits per heavy atom. The fraction of sp³-hybridized carbons (Fsp3) is 0.143. The maximum absolute atomic E-state index is 13.2. The minimum Gasteiger partial charge on any atom is -0.341 e. The van der Waals surface area contributed by atoms with Gasteiger partial charge in [0.2, 0.25) is 5.91 Å². The largest absolute Gasteiger partial charge is 0.341 e. The van der Waals surface area contributed by atoms with Gasteiger partial charge >= 0.3 is 0 Å². The van der Waals surface area contributed by atoms with Crippen molar-refractivity contribution < 1.29 is 18.8 Å². The first-order chi connectivity index (χ1) is 14.4. The summed E-state index contributed by atoms with van der Waals surface area (Å²) in [6, 6.07) is 12.2. The number of halogens is 1. The van der Waals surface area contributed by atoms with Gasteiger partial charge in [0.1, 0.15) is 11.5 Å². The van der Waals surface area contributed by atoms with Crippen LogP contribution < -0.4 is 16.0 Å². The Morgan fingerprint density at radius 3 is 2.33 bits per heavy atom. The number of rotatable bonds is 4. The van der Waals surface area contributed by atoms with Crippen LogP contribution in [0.1, 0.15) is 39.6 Å². The van der Waals surface area contributed by atoms with Crippen LogP contribution in [0.25, 0.3) is 0 Å². The fourth-order valence-corrected chi connectivity index (χ4v) is 3.23. The average molecular weight is 407 g/mol. The second-order valence-electron chi connectivity index (χ2n) is 6.89. The molecule has 0 spiro atoms. The molecule has 8 nitrogen and oxygen atoms in total. The topological polar surface area (TPSA) is 105 Å². The Labute approximate surface area is 171 Å². The standard InChI is InChI=1S/C21H18FN5O3/c1-12(28)23-15-6-8-16(9-7-15)24-20(29)18-11-27-10-17(26-21(30)19(27)25-18)13-2-4-14(22)5-3-13/h2-9,11,17H,10H2,1H3,(H,23,28)(H,24,29)(H,26,30)/t17-/m0/s1. The van der Waals surface area contributed by atoms with Gasteiger partial charge in [-0.1, -0.05) is 12.1 Å². The molecule has 0 aliphatic carbocycles. The van der Waals surface area contributed by atoms with Crippen molar-refractivity contribution in [3.8, 4) is 0 Å². The fourth-order valence-electron chi connectivity index (χ4n) is 3.23. The van der Waals surface area contributed by atoms with Crippen LogP contribution in [0.3, 0.4) is 0 Å². The number of benzene rings is 2. The summed E-state index contributed by atoms with van der Waals surface area (Å²) in [5.74, 6) is -1.27. The van der Waals surface area contributed by atoms with Crippen LogP contribution in [0.15, 0.2) is 54.7 Å². The van der Waals surface area contributed by atoms with Gasteiger partial charge in [0.05, 0.1) is 6.04 Å². The van der Waals surface area contributed by atoms with Crippen LogP contribution in [-0.4, -0.2) is 27.3 Å². The van der Waals surface area contributed by atoms with Gasteiger partial charge < -0.3 is 20.5 Å². The molecule has 152 valence electrons. The van der Waals surface area contributed by atoms with E-state index in [0.29, 0.717) is 17.9 Å². The van der Waals surface area contributed by atoms with Crippen LogP contribution in [-0.2, 0) is 11.3 Å². The summed E-state index contributed by atoms with van der Waals surface area (Å²) in [7, 11) is 0. The minimum absolute atomic E-state index is 0.103. The summed E-state index contributed by atoms with van der Waals surface area (Å²) < 4.78 is 14.8. The van der Waals surface area contributed by atoms with Gasteiger partial charge in [-0.05, 0) is 42.0 Å². The average Bonchev–Trinajstić information content (AvgIpc) is 3.15. The Morgan fingerprint density at radius 2 is 1.70 bits per heavy atom. The van der Waals surface area contributed by atoms with Gasteiger partial charge in [-0.3, -0.25) is 14.4 Å². The van der Waals surface area contributed by atoms with E-state index in [4.69, 9.17) is 0 Å². The van der Waals surface area contributed by atoms with E-state index >= 15 is 0 Å². The third-order valence-corrected chi connectivity index (χ3v) is 4.63. The van der Waals surface area contributed by atoms with Gasteiger partial charge in [-0.15, -0.1) is 0 Å². The predicted molar refractivity (Wildman–Crippen MR) is 108 cm³/mol. The molecule has 3 N–H and O–H groups in total. The monoisotopic (exact) mass is 407 g/mol. The van der Waals surface area contributed by atoms with Crippen molar-refractivity contribution in [2.24, 2.45) is 0 Å². The number of hydrogen-bond donors (Lipinski definition) is 3. The number of carbonyl (C=O) groups excluding carboxylic acids is 3. The molecule has 1 aliphatic heterocycles. The third-order valence-electron chi connectivity index (χ3n) is 4.63. The van der Waals surface area contributed by atoms with Crippen LogP contribution in [0.5, 0.6) is 0 Å². The Kier molecular flexibility index (Phi) is 5.01. The molecule has 0 saturated carbocycles. The number of hydrogen-bond acceptors (Lipinski definition) is 4. The molecule has 4 rings (SSSR count). The molecule has 1 aromatic heterocycles. The molecule has 3 amide bonds. The lowest BCUT2D eigenvalue weighted by atomic mass is 10.1. The van der Waals surface area contributed by atoms with Gasteiger partial charge in [0.25, 0.3) is 11.8 Å². The van der Waals surface area contributed by atoms with Crippen LogP contribution in [0.4, 0.5) is 15.8 Å². The lowest BCUT2D eigenvalue weighted by Gasteiger charge is -2.25. The Bertz CT molecular complexity index is 1120. The van der Waals surface area contributed by atoms with Gasteiger partial charge in [-0.25, -0.2) is 9.37 Å². The number of carbonyl (C=O) groups is 3. The van der Waals surface area contributed by atoms with Crippen molar-refractivity contribution in [3.63, 3.8) is 0 Å². The number of fused-ring (bicyclic) bond motifs is 1. The summed E-state index contributed by atoms with van der Waals surface area (Å²) in [5.41, 5.74) is 2.00. The number of imidazole rings is 1. The second kappa shape index (κ2) is 7.78. The first-order valence-corrected chi connectivity index (χ1v) is 9.21. The van der Waals surface area contributed by atoms with Crippen LogP contribution >= 0.6 is 0 Å². The normalized spacial score (nSPS) is 15.1. The van der Waals surface area contributed by atoms with Crippen molar-refractivity contribution >= 4 is 29.1 Å². The molecular weight excluding hydrogens is 389 g/mol. The first-order valence-electron chi connectivity index (χ1n) is 9.21.